The molecule has 1 N–H and O–H groups in total. The Bertz CT molecular complexity index is 1280. The second-order valence-corrected chi connectivity index (χ2v) is 10.3. The predicted molar refractivity (Wildman–Crippen MR) is 142 cm³/mol. The molecule has 0 radical (unpaired) electrons. The summed E-state index contributed by atoms with van der Waals surface area (Å²) in [5, 5.41) is 9.45. The number of Topliss-reactive ketones (excluding diaryl/α,β-unsaturated/α-hetero) is 1. The molecular formula is C29H29NO6S. The third kappa shape index (κ3) is 6.14. The monoisotopic (exact) mass is 519 g/mol. The number of nitrogens with zero attached hydrogens (tertiary/aromatic N) is 1. The van der Waals surface area contributed by atoms with Crippen LogP contribution in [-0.2, 0) is 4.79 Å². The number of hydrogen-bond acceptors (Lipinski definition) is 6. The van der Waals surface area contributed by atoms with Crippen molar-refractivity contribution in [3.05, 3.63) is 90.0 Å². The Morgan fingerprint density at radius 1 is 0.919 bits per heavy atom. The van der Waals surface area contributed by atoms with E-state index in [2.05, 4.69) is 0 Å². The summed E-state index contributed by atoms with van der Waals surface area (Å²) in [4.78, 5) is 40.8. The lowest BCUT2D eigenvalue weighted by atomic mass is 9.84. The second kappa shape index (κ2) is 11.1. The van der Waals surface area contributed by atoms with Gasteiger partial charge >= 0.3 is 12.1 Å². The van der Waals surface area contributed by atoms with Crippen LogP contribution in [-0.4, -0.2) is 52.8 Å². The summed E-state index contributed by atoms with van der Waals surface area (Å²) in [6.45, 7) is 3.43. The van der Waals surface area contributed by atoms with Crippen molar-refractivity contribution in [2.75, 3.05) is 19.3 Å². The van der Waals surface area contributed by atoms with Crippen LogP contribution >= 0.6 is 11.8 Å². The van der Waals surface area contributed by atoms with E-state index in [-0.39, 0.29) is 24.8 Å². The van der Waals surface area contributed by atoms with E-state index in [0.29, 0.717) is 17.1 Å². The third-order valence-corrected chi connectivity index (χ3v) is 7.16. The lowest BCUT2D eigenvalue weighted by Crippen LogP contribution is -2.37. The molecular weight excluding hydrogens is 490 g/mol. The molecule has 0 aromatic heterocycles. The molecule has 37 heavy (non-hydrogen) atoms. The maximum atomic E-state index is 13.7. The first-order valence-corrected chi connectivity index (χ1v) is 13.1. The van der Waals surface area contributed by atoms with Crippen molar-refractivity contribution in [1.82, 2.24) is 4.90 Å². The highest BCUT2D eigenvalue weighted by Crippen LogP contribution is 2.37. The zero-order chi connectivity index (χ0) is 26.6. The summed E-state index contributed by atoms with van der Waals surface area (Å²) in [5.41, 5.74) is -0.0630. The van der Waals surface area contributed by atoms with Crippen LogP contribution in [0.3, 0.4) is 0 Å². The summed E-state index contributed by atoms with van der Waals surface area (Å²) in [5.74, 6) is -1.18. The molecule has 1 aliphatic heterocycles. The van der Waals surface area contributed by atoms with Crippen LogP contribution in [0.5, 0.6) is 11.5 Å². The summed E-state index contributed by atoms with van der Waals surface area (Å²) in [7, 11) is 0. The molecule has 4 rings (SSSR count). The van der Waals surface area contributed by atoms with Gasteiger partial charge in [-0.3, -0.25) is 4.79 Å². The van der Waals surface area contributed by atoms with Crippen LogP contribution < -0.4 is 9.47 Å². The molecule has 1 aliphatic rings. The van der Waals surface area contributed by atoms with E-state index in [0.717, 1.165) is 10.5 Å². The van der Waals surface area contributed by atoms with E-state index >= 15 is 0 Å². The van der Waals surface area contributed by atoms with E-state index in [9.17, 15) is 19.5 Å². The van der Waals surface area contributed by atoms with Crippen molar-refractivity contribution in [1.29, 1.82) is 0 Å². The molecule has 2 atom stereocenters. The van der Waals surface area contributed by atoms with Crippen molar-refractivity contribution in [3.8, 4) is 11.5 Å². The second-order valence-electron chi connectivity index (χ2n) is 9.38. The number of thioether (sulfide) groups is 1. The predicted octanol–water partition coefficient (Wildman–Crippen LogP) is 5.75. The molecule has 3 aromatic carbocycles. The number of ketones is 1. The molecule has 0 aliphatic carbocycles. The van der Waals surface area contributed by atoms with Gasteiger partial charge in [-0.15, -0.1) is 11.8 Å². The van der Waals surface area contributed by atoms with E-state index in [1.165, 1.54) is 13.8 Å². The van der Waals surface area contributed by atoms with Crippen LogP contribution in [0.1, 0.15) is 35.7 Å². The SMILES string of the molecule is CSc1ccc(C(=O)[C@@H]2CN(C(=O)Oc3ccccc3)C[C@H]2c2cccc(OC(C)(C)C(=O)O)c2)cc1. The van der Waals surface area contributed by atoms with Crippen LogP contribution in [0.15, 0.2) is 83.8 Å². The number of carbonyl (C=O) groups excluding carboxylic acids is 2. The first-order valence-electron chi connectivity index (χ1n) is 11.9. The van der Waals surface area contributed by atoms with Gasteiger partial charge in [0.2, 0.25) is 0 Å². The number of aliphatic carboxylic acids is 1. The average Bonchev–Trinajstić information content (AvgIpc) is 3.34. The Balaban J connectivity index is 1.63. The Kier molecular flexibility index (Phi) is 7.88. The van der Waals surface area contributed by atoms with Crippen LogP contribution in [0.2, 0.25) is 0 Å². The van der Waals surface area contributed by atoms with Gasteiger partial charge in [0, 0.05) is 35.4 Å². The third-order valence-electron chi connectivity index (χ3n) is 6.41. The molecule has 0 saturated carbocycles. The molecule has 1 saturated heterocycles. The van der Waals surface area contributed by atoms with Crippen molar-refractivity contribution in [2.45, 2.75) is 30.3 Å². The molecule has 0 spiro atoms. The number of carboxylic acids is 1. The van der Waals surface area contributed by atoms with Crippen molar-refractivity contribution < 1.29 is 29.0 Å². The van der Waals surface area contributed by atoms with Crippen molar-refractivity contribution >= 4 is 29.6 Å². The first kappa shape index (κ1) is 26.3. The normalized spacial score (nSPS) is 17.3. The Hall–Kier alpha value is -3.78. The van der Waals surface area contributed by atoms with Crippen LogP contribution in [0, 0.1) is 5.92 Å². The number of para-hydroxylation sites is 1. The van der Waals surface area contributed by atoms with Crippen LogP contribution in [0.25, 0.3) is 0 Å². The molecule has 192 valence electrons. The zero-order valence-electron chi connectivity index (χ0n) is 20.9. The van der Waals surface area contributed by atoms with Gasteiger partial charge in [-0.05, 0) is 62.1 Å². The van der Waals surface area contributed by atoms with Gasteiger partial charge in [0.15, 0.2) is 11.4 Å². The number of benzene rings is 3. The lowest BCUT2D eigenvalue weighted by molar-refractivity contribution is -0.152. The maximum absolute atomic E-state index is 13.7. The van der Waals surface area contributed by atoms with Crippen LogP contribution in [0.4, 0.5) is 4.79 Å². The van der Waals surface area contributed by atoms with Gasteiger partial charge in [-0.1, -0.05) is 42.5 Å². The topological polar surface area (TPSA) is 93.1 Å². The number of amides is 1. The summed E-state index contributed by atoms with van der Waals surface area (Å²) in [6.07, 6.45) is 1.45. The smallest absolute Gasteiger partial charge is 0.415 e. The number of hydrogen-bond donors (Lipinski definition) is 1. The van der Waals surface area contributed by atoms with E-state index in [1.807, 2.05) is 42.7 Å². The number of carbonyl (C=O) groups is 3. The summed E-state index contributed by atoms with van der Waals surface area (Å²) < 4.78 is 11.3. The minimum absolute atomic E-state index is 0.0650. The molecule has 3 aromatic rings. The summed E-state index contributed by atoms with van der Waals surface area (Å²) in [6, 6.07) is 23.3. The number of carboxylic acid groups (broad SMARTS) is 1. The molecule has 1 amide bonds. The fourth-order valence-electron chi connectivity index (χ4n) is 4.33. The van der Waals surface area contributed by atoms with E-state index < -0.39 is 23.6 Å². The Labute approximate surface area is 220 Å². The minimum Gasteiger partial charge on any atom is -0.478 e. The molecule has 1 heterocycles. The van der Waals surface area contributed by atoms with Gasteiger partial charge in [0.1, 0.15) is 11.5 Å². The van der Waals surface area contributed by atoms with E-state index in [1.54, 1.807) is 59.1 Å². The largest absolute Gasteiger partial charge is 0.478 e. The van der Waals surface area contributed by atoms with Gasteiger partial charge in [-0.2, -0.15) is 0 Å². The number of rotatable bonds is 8. The van der Waals surface area contributed by atoms with Gasteiger partial charge in [0.05, 0.1) is 0 Å². The van der Waals surface area contributed by atoms with Gasteiger partial charge in [-0.25, -0.2) is 9.59 Å². The average molecular weight is 520 g/mol. The summed E-state index contributed by atoms with van der Waals surface area (Å²) >= 11 is 1.60. The van der Waals surface area contributed by atoms with Gasteiger partial charge in [0.25, 0.3) is 0 Å². The standard InChI is InChI=1S/C29H29NO6S/c1-29(2,27(32)33)36-22-11-7-8-20(16-22)24-17-30(28(34)35-21-9-5-4-6-10-21)18-25(24)26(31)19-12-14-23(37-3)15-13-19/h4-16,24-25H,17-18H2,1-3H3,(H,32,33)/t24-,25+/m0/s1. The van der Waals surface area contributed by atoms with Crippen molar-refractivity contribution in [3.63, 3.8) is 0 Å². The quantitative estimate of drug-likeness (QED) is 0.299. The highest BCUT2D eigenvalue weighted by atomic mass is 32.2. The highest BCUT2D eigenvalue weighted by molar-refractivity contribution is 7.98. The number of likely N-dealkylation sites (tertiary alicyclic amines) is 1. The molecule has 0 unspecified atom stereocenters. The fourth-order valence-corrected chi connectivity index (χ4v) is 4.73. The zero-order valence-corrected chi connectivity index (χ0v) is 21.7. The lowest BCUT2D eigenvalue weighted by Gasteiger charge is -2.23. The first-order chi connectivity index (χ1) is 17.7. The Morgan fingerprint density at radius 3 is 2.24 bits per heavy atom. The minimum atomic E-state index is -1.42. The molecule has 0 bridgehead atoms. The molecule has 1 fully saturated rings. The van der Waals surface area contributed by atoms with Crippen molar-refractivity contribution in [2.24, 2.45) is 5.92 Å². The molecule has 7 nitrogen and oxygen atoms in total. The highest BCUT2D eigenvalue weighted by Gasteiger charge is 2.41. The maximum Gasteiger partial charge on any atom is 0.415 e. The molecule has 8 heteroatoms. The fraction of sp³-hybridized carbons (Fsp3) is 0.276. The Morgan fingerprint density at radius 2 is 1.59 bits per heavy atom. The van der Waals surface area contributed by atoms with E-state index in [4.69, 9.17) is 9.47 Å². The number of ether oxygens (including phenoxy) is 2. The van der Waals surface area contributed by atoms with Gasteiger partial charge < -0.3 is 19.5 Å².